The lowest BCUT2D eigenvalue weighted by molar-refractivity contribution is 0.104. The Morgan fingerprint density at radius 2 is 1.97 bits per heavy atom. The predicted octanol–water partition coefficient (Wildman–Crippen LogP) is 4.86. The van der Waals surface area contributed by atoms with Crippen LogP contribution in [0.3, 0.4) is 0 Å². The number of fused-ring (bicyclic) bond motifs is 1. The molecule has 0 bridgehead atoms. The summed E-state index contributed by atoms with van der Waals surface area (Å²) in [6.45, 7) is 11.3. The quantitative estimate of drug-likeness (QED) is 0.572. The number of aromatic amines is 1. The molecule has 1 atom stereocenters. The number of rotatable bonds is 7. The molecule has 1 fully saturated rings. The molecule has 3 aromatic rings. The van der Waals surface area contributed by atoms with Crippen LogP contribution >= 0.6 is 0 Å². The molecule has 0 aliphatic heterocycles. The molecular formula is C25H36N6O. The number of tetrazole rings is 1. The third kappa shape index (κ3) is 4.63. The van der Waals surface area contributed by atoms with Crippen LogP contribution < -0.4 is 5.56 Å². The molecule has 7 nitrogen and oxygen atoms in total. The highest BCUT2D eigenvalue weighted by molar-refractivity contribution is 5.79. The van der Waals surface area contributed by atoms with Crippen molar-refractivity contribution in [2.75, 3.05) is 0 Å². The average Bonchev–Trinajstić information content (AvgIpc) is 3.43. The number of nitrogens with one attached hydrogen (secondary N) is 1. The highest BCUT2D eigenvalue weighted by Crippen LogP contribution is 2.35. The number of nitrogens with zero attached hydrogens (tertiary/aromatic N) is 5. The summed E-state index contributed by atoms with van der Waals surface area (Å²) >= 11 is 0. The van der Waals surface area contributed by atoms with E-state index in [-0.39, 0.29) is 17.1 Å². The smallest absolute Gasteiger partial charge is 0.252 e. The van der Waals surface area contributed by atoms with E-state index < -0.39 is 0 Å². The molecule has 1 aliphatic carbocycles. The van der Waals surface area contributed by atoms with Gasteiger partial charge in [-0.25, -0.2) is 4.68 Å². The first kappa shape index (κ1) is 22.6. The second kappa shape index (κ2) is 9.14. The zero-order valence-corrected chi connectivity index (χ0v) is 20.1. The number of hydrogen-bond acceptors (Lipinski definition) is 5. The first-order valence-electron chi connectivity index (χ1n) is 11.9. The second-order valence-corrected chi connectivity index (χ2v) is 10.2. The fourth-order valence-electron chi connectivity index (χ4n) is 5.01. The fraction of sp³-hybridized carbons (Fsp3) is 0.600. The maximum atomic E-state index is 13.0. The summed E-state index contributed by atoms with van der Waals surface area (Å²) in [7, 11) is 0. The Morgan fingerprint density at radius 3 is 2.66 bits per heavy atom. The minimum atomic E-state index is -0.204. The van der Waals surface area contributed by atoms with Gasteiger partial charge in [-0.1, -0.05) is 37.8 Å². The van der Waals surface area contributed by atoms with Gasteiger partial charge in [0.1, 0.15) is 0 Å². The fourth-order valence-corrected chi connectivity index (χ4v) is 5.01. The molecule has 4 rings (SSSR count). The standard InChI is InChI=1S/C25H36N6O/c1-6-9-22(23-27-28-29-31(23)25(3,4)5)30(20-10-7-8-11-20)16-19-15-18-14-17(2)12-13-21(18)26-24(19)32/h12-15,20,22H,6-11,16H2,1-5H3,(H,26,32). The Balaban J connectivity index is 1.77. The van der Waals surface area contributed by atoms with Gasteiger partial charge in [0.25, 0.3) is 5.56 Å². The van der Waals surface area contributed by atoms with E-state index in [1.807, 2.05) is 16.8 Å². The van der Waals surface area contributed by atoms with E-state index in [0.717, 1.165) is 48.0 Å². The van der Waals surface area contributed by atoms with Crippen molar-refractivity contribution in [3.8, 4) is 0 Å². The maximum absolute atomic E-state index is 13.0. The van der Waals surface area contributed by atoms with Crippen LogP contribution in [0.1, 0.15) is 89.2 Å². The lowest BCUT2D eigenvalue weighted by Crippen LogP contribution is -2.40. The van der Waals surface area contributed by atoms with Crippen LogP contribution in [0.2, 0.25) is 0 Å². The summed E-state index contributed by atoms with van der Waals surface area (Å²) in [6.07, 6.45) is 6.76. The van der Waals surface area contributed by atoms with Gasteiger partial charge < -0.3 is 4.98 Å². The number of pyridine rings is 1. The number of H-pyrrole nitrogens is 1. The predicted molar refractivity (Wildman–Crippen MR) is 128 cm³/mol. The van der Waals surface area contributed by atoms with Crippen molar-refractivity contribution in [3.05, 3.63) is 51.6 Å². The highest BCUT2D eigenvalue weighted by Gasteiger charge is 2.34. The van der Waals surface area contributed by atoms with Gasteiger partial charge in [0, 0.05) is 23.7 Å². The second-order valence-electron chi connectivity index (χ2n) is 10.2. The first-order valence-corrected chi connectivity index (χ1v) is 11.9. The minimum absolute atomic E-state index is 0.00462. The third-order valence-electron chi connectivity index (χ3n) is 6.61. The Kier molecular flexibility index (Phi) is 6.47. The van der Waals surface area contributed by atoms with Crippen LogP contribution in [0.15, 0.2) is 29.1 Å². The van der Waals surface area contributed by atoms with Crippen LogP contribution in [0.5, 0.6) is 0 Å². The molecule has 0 spiro atoms. The molecule has 1 aliphatic rings. The van der Waals surface area contributed by atoms with Gasteiger partial charge in [-0.15, -0.1) is 5.10 Å². The molecule has 1 aromatic carbocycles. The lowest BCUT2D eigenvalue weighted by Gasteiger charge is -2.36. The number of hydrogen-bond donors (Lipinski definition) is 1. The van der Waals surface area contributed by atoms with E-state index in [4.69, 9.17) is 0 Å². The molecule has 32 heavy (non-hydrogen) atoms. The summed E-state index contributed by atoms with van der Waals surface area (Å²) in [6, 6.07) is 8.74. The van der Waals surface area contributed by atoms with Crippen LogP contribution in [0.25, 0.3) is 10.9 Å². The molecule has 2 heterocycles. The number of aromatic nitrogens is 5. The third-order valence-corrected chi connectivity index (χ3v) is 6.61. The van der Waals surface area contributed by atoms with E-state index in [2.05, 4.69) is 72.2 Å². The zero-order valence-electron chi connectivity index (χ0n) is 20.1. The molecular weight excluding hydrogens is 400 g/mol. The first-order chi connectivity index (χ1) is 15.3. The molecule has 0 saturated heterocycles. The normalized spacial score (nSPS) is 16.3. The van der Waals surface area contributed by atoms with Crippen molar-refractivity contribution in [3.63, 3.8) is 0 Å². The van der Waals surface area contributed by atoms with E-state index in [1.54, 1.807) is 0 Å². The summed E-state index contributed by atoms with van der Waals surface area (Å²) in [5, 5.41) is 14.0. The molecule has 1 saturated carbocycles. The number of benzene rings is 1. The Bertz CT molecular complexity index is 1120. The Morgan fingerprint density at radius 1 is 1.22 bits per heavy atom. The molecule has 172 valence electrons. The van der Waals surface area contributed by atoms with E-state index in [1.165, 1.54) is 18.4 Å². The average molecular weight is 437 g/mol. The van der Waals surface area contributed by atoms with Crippen molar-refractivity contribution < 1.29 is 0 Å². The van der Waals surface area contributed by atoms with E-state index in [0.29, 0.717) is 12.6 Å². The Hall–Kier alpha value is -2.54. The van der Waals surface area contributed by atoms with Crippen molar-refractivity contribution in [2.24, 2.45) is 0 Å². The van der Waals surface area contributed by atoms with Crippen molar-refractivity contribution in [1.29, 1.82) is 0 Å². The maximum Gasteiger partial charge on any atom is 0.252 e. The van der Waals surface area contributed by atoms with Gasteiger partial charge in [0.2, 0.25) is 0 Å². The van der Waals surface area contributed by atoms with Gasteiger partial charge in [-0.05, 0) is 81.0 Å². The van der Waals surface area contributed by atoms with Crippen LogP contribution in [0, 0.1) is 6.92 Å². The SMILES string of the molecule is CCCC(c1nnnn1C(C)(C)C)N(Cc1cc2cc(C)ccc2[nH]c1=O)C1CCCC1. The van der Waals surface area contributed by atoms with Crippen LogP contribution in [0.4, 0.5) is 0 Å². The topological polar surface area (TPSA) is 79.7 Å². The lowest BCUT2D eigenvalue weighted by atomic mass is 10.0. The van der Waals surface area contributed by atoms with Gasteiger partial charge in [-0.2, -0.15) is 0 Å². The highest BCUT2D eigenvalue weighted by atomic mass is 16.1. The minimum Gasteiger partial charge on any atom is -0.322 e. The van der Waals surface area contributed by atoms with Crippen LogP contribution in [-0.4, -0.2) is 36.1 Å². The monoisotopic (exact) mass is 436 g/mol. The summed E-state index contributed by atoms with van der Waals surface area (Å²) in [4.78, 5) is 18.6. The summed E-state index contributed by atoms with van der Waals surface area (Å²) in [5.41, 5.74) is 2.68. The zero-order chi connectivity index (χ0) is 22.9. The van der Waals surface area contributed by atoms with E-state index in [9.17, 15) is 4.79 Å². The van der Waals surface area contributed by atoms with Gasteiger partial charge in [0.05, 0.1) is 11.6 Å². The molecule has 0 amide bonds. The summed E-state index contributed by atoms with van der Waals surface area (Å²) in [5.74, 6) is 0.902. The molecule has 1 N–H and O–H groups in total. The molecule has 0 radical (unpaired) electrons. The molecule has 2 aromatic heterocycles. The van der Waals surface area contributed by atoms with Crippen molar-refractivity contribution >= 4 is 10.9 Å². The van der Waals surface area contributed by atoms with Crippen molar-refractivity contribution in [1.82, 2.24) is 30.1 Å². The van der Waals surface area contributed by atoms with Crippen molar-refractivity contribution in [2.45, 2.75) is 97.3 Å². The molecule has 7 heteroatoms. The van der Waals surface area contributed by atoms with E-state index >= 15 is 0 Å². The molecule has 1 unspecified atom stereocenters. The van der Waals surface area contributed by atoms with Gasteiger partial charge >= 0.3 is 0 Å². The number of aryl methyl sites for hydroxylation is 1. The van der Waals surface area contributed by atoms with Gasteiger partial charge in [0.15, 0.2) is 5.82 Å². The Labute approximate surface area is 190 Å². The van der Waals surface area contributed by atoms with Gasteiger partial charge in [-0.3, -0.25) is 9.69 Å². The largest absolute Gasteiger partial charge is 0.322 e. The van der Waals surface area contributed by atoms with Crippen LogP contribution in [-0.2, 0) is 12.1 Å². The summed E-state index contributed by atoms with van der Waals surface area (Å²) < 4.78 is 1.96.